The lowest BCUT2D eigenvalue weighted by Crippen LogP contribution is -2.26. The highest BCUT2D eigenvalue weighted by Gasteiger charge is 2.05. The van der Waals surface area contributed by atoms with Crippen LogP contribution in [-0.4, -0.2) is 40.2 Å². The molecule has 0 heterocycles. The van der Waals surface area contributed by atoms with E-state index in [4.69, 9.17) is 10.5 Å². The van der Waals surface area contributed by atoms with Crippen molar-refractivity contribution in [2.75, 3.05) is 25.7 Å². The van der Waals surface area contributed by atoms with Gasteiger partial charge >= 0.3 is 0 Å². The topological polar surface area (TPSA) is 69.4 Å². The fourth-order valence-corrected chi connectivity index (χ4v) is 1.60. The fourth-order valence-electron chi connectivity index (χ4n) is 0.905. The first-order chi connectivity index (χ1) is 5.45. The average Bonchev–Trinajstić information content (AvgIpc) is 1.84. The summed E-state index contributed by atoms with van der Waals surface area (Å²) in [5, 5.41) is 0. The summed E-state index contributed by atoms with van der Waals surface area (Å²) in [7, 11) is -1.25. The third kappa shape index (κ3) is 7.97. The predicted molar refractivity (Wildman–Crippen MR) is 48.8 cm³/mol. The molecule has 0 aliphatic rings. The molecule has 74 valence electrons. The van der Waals surface area contributed by atoms with Crippen molar-refractivity contribution in [3.05, 3.63) is 0 Å². The number of nitrogens with two attached hydrogens (primary N) is 1. The van der Waals surface area contributed by atoms with Crippen LogP contribution < -0.4 is 5.73 Å². The summed E-state index contributed by atoms with van der Waals surface area (Å²) in [5.74, 6) is 0.213. The number of ether oxygens (including phenoxy) is 1. The molecule has 0 bridgehead atoms. The smallest absolute Gasteiger partial charge is 0.147 e. The lowest BCUT2D eigenvalue weighted by molar-refractivity contribution is 0.177. The standard InChI is InChI=1S/C7H17NO3S/c1-11-6-7(8)4-3-5-12(2,9)10/h7H,3-6,8H2,1-2H3. The van der Waals surface area contributed by atoms with Crippen LogP contribution in [0.2, 0.25) is 0 Å². The maximum Gasteiger partial charge on any atom is 0.147 e. The number of hydrogen-bond donors (Lipinski definition) is 1. The van der Waals surface area contributed by atoms with Gasteiger partial charge in [-0.2, -0.15) is 0 Å². The molecule has 0 rings (SSSR count). The largest absolute Gasteiger partial charge is 0.383 e. The van der Waals surface area contributed by atoms with Crippen LogP contribution >= 0.6 is 0 Å². The van der Waals surface area contributed by atoms with Gasteiger partial charge in [0, 0.05) is 25.2 Å². The van der Waals surface area contributed by atoms with Crippen LogP contribution in [0.4, 0.5) is 0 Å². The quantitative estimate of drug-likeness (QED) is 0.636. The zero-order valence-electron chi connectivity index (χ0n) is 7.62. The molecule has 0 aromatic heterocycles. The van der Waals surface area contributed by atoms with Gasteiger partial charge in [0.05, 0.1) is 6.61 Å². The molecule has 0 saturated heterocycles. The molecule has 12 heavy (non-hydrogen) atoms. The Balaban J connectivity index is 3.44. The molecule has 4 nitrogen and oxygen atoms in total. The van der Waals surface area contributed by atoms with E-state index in [1.807, 2.05) is 0 Å². The molecule has 0 aliphatic heterocycles. The number of sulfone groups is 1. The van der Waals surface area contributed by atoms with Crippen molar-refractivity contribution >= 4 is 9.84 Å². The van der Waals surface area contributed by atoms with E-state index in [-0.39, 0.29) is 11.8 Å². The average molecular weight is 195 g/mol. The SMILES string of the molecule is COCC(N)CCCS(C)(=O)=O. The van der Waals surface area contributed by atoms with Gasteiger partial charge in [-0.3, -0.25) is 0 Å². The molecule has 0 fully saturated rings. The maximum absolute atomic E-state index is 10.7. The van der Waals surface area contributed by atoms with Gasteiger partial charge in [-0.15, -0.1) is 0 Å². The molecule has 0 spiro atoms. The molecule has 0 radical (unpaired) electrons. The summed E-state index contributed by atoms with van der Waals surface area (Å²) in [5.41, 5.74) is 5.59. The lowest BCUT2D eigenvalue weighted by Gasteiger charge is -2.08. The van der Waals surface area contributed by atoms with Crippen LogP contribution in [0.5, 0.6) is 0 Å². The second kappa shape index (κ2) is 5.50. The second-order valence-corrected chi connectivity index (χ2v) is 5.25. The van der Waals surface area contributed by atoms with Gasteiger partial charge in [-0.25, -0.2) is 8.42 Å². The van der Waals surface area contributed by atoms with E-state index >= 15 is 0 Å². The highest BCUT2D eigenvalue weighted by atomic mass is 32.2. The first kappa shape index (κ1) is 11.9. The number of rotatable bonds is 6. The third-order valence-corrected chi connectivity index (χ3v) is 2.50. The number of hydrogen-bond acceptors (Lipinski definition) is 4. The van der Waals surface area contributed by atoms with Crippen molar-refractivity contribution < 1.29 is 13.2 Å². The van der Waals surface area contributed by atoms with Crippen LogP contribution in [-0.2, 0) is 14.6 Å². The first-order valence-corrected chi connectivity index (χ1v) is 5.94. The van der Waals surface area contributed by atoms with Gasteiger partial charge in [0.25, 0.3) is 0 Å². The normalized spacial score (nSPS) is 14.6. The van der Waals surface area contributed by atoms with E-state index in [1.54, 1.807) is 7.11 Å². The van der Waals surface area contributed by atoms with Crippen LogP contribution in [0, 0.1) is 0 Å². The van der Waals surface area contributed by atoms with Crippen molar-refractivity contribution in [1.82, 2.24) is 0 Å². The maximum atomic E-state index is 10.7. The van der Waals surface area contributed by atoms with Crippen molar-refractivity contribution in [3.63, 3.8) is 0 Å². The minimum atomic E-state index is -2.83. The molecule has 0 amide bonds. The van der Waals surface area contributed by atoms with Crippen LogP contribution in [0.3, 0.4) is 0 Å². The van der Waals surface area contributed by atoms with E-state index in [2.05, 4.69) is 0 Å². The zero-order chi connectivity index (χ0) is 9.61. The minimum Gasteiger partial charge on any atom is -0.383 e. The summed E-state index contributed by atoms with van der Waals surface area (Å²) in [6, 6.07) is -0.0447. The Bertz CT molecular complexity index is 201. The second-order valence-electron chi connectivity index (χ2n) is 2.99. The molecule has 1 atom stereocenters. The van der Waals surface area contributed by atoms with Gasteiger partial charge < -0.3 is 10.5 Å². The minimum absolute atomic E-state index is 0.0447. The Morgan fingerprint density at radius 3 is 2.50 bits per heavy atom. The molecule has 5 heteroatoms. The molecule has 1 unspecified atom stereocenters. The lowest BCUT2D eigenvalue weighted by atomic mass is 10.2. The Morgan fingerprint density at radius 1 is 1.50 bits per heavy atom. The van der Waals surface area contributed by atoms with Gasteiger partial charge in [-0.05, 0) is 12.8 Å². The molecular formula is C7H17NO3S. The van der Waals surface area contributed by atoms with Crippen molar-refractivity contribution in [3.8, 4) is 0 Å². The Labute approximate surface area is 74.0 Å². The van der Waals surface area contributed by atoms with Crippen LogP contribution in [0.25, 0.3) is 0 Å². The van der Waals surface area contributed by atoms with E-state index in [0.717, 1.165) is 0 Å². The summed E-state index contributed by atoms with van der Waals surface area (Å²) in [4.78, 5) is 0. The monoisotopic (exact) mass is 195 g/mol. The van der Waals surface area contributed by atoms with Crippen molar-refractivity contribution in [2.24, 2.45) is 5.73 Å². The van der Waals surface area contributed by atoms with Crippen molar-refractivity contribution in [1.29, 1.82) is 0 Å². The Hall–Kier alpha value is -0.130. The highest BCUT2D eigenvalue weighted by molar-refractivity contribution is 7.90. The third-order valence-electron chi connectivity index (χ3n) is 1.47. The van der Waals surface area contributed by atoms with Crippen molar-refractivity contribution in [2.45, 2.75) is 18.9 Å². The molecule has 0 aromatic rings. The van der Waals surface area contributed by atoms with Gasteiger partial charge in [-0.1, -0.05) is 0 Å². The summed E-state index contributed by atoms with van der Waals surface area (Å²) in [6.07, 6.45) is 2.54. The Kier molecular flexibility index (Phi) is 5.44. The Morgan fingerprint density at radius 2 is 2.08 bits per heavy atom. The summed E-state index contributed by atoms with van der Waals surface area (Å²) >= 11 is 0. The molecule has 0 saturated carbocycles. The van der Waals surface area contributed by atoms with Gasteiger partial charge in [0.15, 0.2) is 0 Å². The highest BCUT2D eigenvalue weighted by Crippen LogP contribution is 1.97. The van der Waals surface area contributed by atoms with Crippen LogP contribution in [0.1, 0.15) is 12.8 Å². The number of methoxy groups -OCH3 is 1. The molecule has 0 aliphatic carbocycles. The van der Waals surface area contributed by atoms with E-state index in [1.165, 1.54) is 6.26 Å². The molecule has 0 aromatic carbocycles. The van der Waals surface area contributed by atoms with E-state index < -0.39 is 9.84 Å². The fraction of sp³-hybridized carbons (Fsp3) is 1.00. The summed E-state index contributed by atoms with van der Waals surface area (Å²) in [6.45, 7) is 0.490. The first-order valence-electron chi connectivity index (χ1n) is 3.88. The van der Waals surface area contributed by atoms with E-state index in [9.17, 15) is 8.42 Å². The summed E-state index contributed by atoms with van der Waals surface area (Å²) < 4.78 is 26.2. The van der Waals surface area contributed by atoms with E-state index in [0.29, 0.717) is 19.4 Å². The molecule has 2 N–H and O–H groups in total. The van der Waals surface area contributed by atoms with Gasteiger partial charge in [0.1, 0.15) is 9.84 Å². The molecular weight excluding hydrogens is 178 g/mol. The predicted octanol–water partition coefficient (Wildman–Crippen LogP) is -0.215. The zero-order valence-corrected chi connectivity index (χ0v) is 8.43. The van der Waals surface area contributed by atoms with Gasteiger partial charge in [0.2, 0.25) is 0 Å². The van der Waals surface area contributed by atoms with Crippen LogP contribution in [0.15, 0.2) is 0 Å².